The van der Waals surface area contributed by atoms with E-state index in [1.165, 1.54) is 0 Å². The van der Waals surface area contributed by atoms with E-state index in [-0.39, 0.29) is 11.2 Å². The summed E-state index contributed by atoms with van der Waals surface area (Å²) in [6.07, 6.45) is 0.734. The zero-order valence-corrected chi connectivity index (χ0v) is 16.2. The van der Waals surface area contributed by atoms with Crippen molar-refractivity contribution in [2.24, 2.45) is 0 Å². The molecule has 0 unspecified atom stereocenters. The van der Waals surface area contributed by atoms with Crippen LogP contribution in [-0.2, 0) is 31.5 Å². The van der Waals surface area contributed by atoms with E-state index in [9.17, 15) is 8.42 Å². The lowest BCUT2D eigenvalue weighted by Crippen LogP contribution is -2.43. The van der Waals surface area contributed by atoms with Crippen LogP contribution in [0.25, 0.3) is 0 Å². The molecule has 0 aliphatic carbocycles. The zero-order valence-electron chi connectivity index (χ0n) is 15.4. The Bertz CT molecular complexity index is 794. The van der Waals surface area contributed by atoms with Gasteiger partial charge in [-0.3, -0.25) is 0 Å². The summed E-state index contributed by atoms with van der Waals surface area (Å²) in [5.74, 6) is 0.848. The number of morpholine rings is 1. The molecule has 1 aromatic heterocycles. The molecule has 2 fully saturated rings. The Balaban J connectivity index is 1.72. The molecule has 0 aromatic carbocycles. The number of fused-ring (bicyclic) bond motifs is 2. The van der Waals surface area contributed by atoms with Crippen LogP contribution in [0.1, 0.15) is 30.3 Å². The summed E-state index contributed by atoms with van der Waals surface area (Å²) in [6, 6.07) is 0. The van der Waals surface area contributed by atoms with Crippen LogP contribution in [0.15, 0.2) is 0 Å². The molecule has 4 heterocycles. The average molecular weight is 382 g/mol. The summed E-state index contributed by atoms with van der Waals surface area (Å²) in [5.41, 5.74) is 2.55. The molecule has 9 heteroatoms. The van der Waals surface area contributed by atoms with Crippen LogP contribution in [0.3, 0.4) is 0 Å². The second-order valence-electron chi connectivity index (χ2n) is 7.29. The topological polar surface area (TPSA) is 84.9 Å². The Morgan fingerprint density at radius 1 is 1.15 bits per heavy atom. The zero-order chi connectivity index (χ0) is 18.4. The van der Waals surface area contributed by atoms with Crippen LogP contribution in [-0.4, -0.2) is 74.4 Å². The molecule has 0 radical (unpaired) electrons. The summed E-state index contributed by atoms with van der Waals surface area (Å²) in [5, 5.41) is 0. The van der Waals surface area contributed by atoms with Gasteiger partial charge < -0.3 is 14.4 Å². The van der Waals surface area contributed by atoms with E-state index in [0.29, 0.717) is 39.5 Å². The van der Waals surface area contributed by atoms with Crippen molar-refractivity contribution >= 4 is 16.0 Å². The first kappa shape index (κ1) is 18.1. The number of anilines is 1. The molecular formula is C17H26N4O4S. The fourth-order valence-corrected chi connectivity index (χ4v) is 5.26. The first-order valence-corrected chi connectivity index (χ1v) is 10.8. The van der Waals surface area contributed by atoms with Crippen LogP contribution in [0, 0.1) is 6.92 Å². The third kappa shape index (κ3) is 3.00. The lowest BCUT2D eigenvalue weighted by molar-refractivity contribution is 0.0525. The Labute approximate surface area is 154 Å². The molecule has 3 aliphatic heterocycles. The molecule has 4 rings (SSSR count). The lowest BCUT2D eigenvalue weighted by Gasteiger charge is -2.36. The van der Waals surface area contributed by atoms with E-state index in [0.717, 1.165) is 42.4 Å². The van der Waals surface area contributed by atoms with Crippen LogP contribution in [0.5, 0.6) is 0 Å². The van der Waals surface area contributed by atoms with Gasteiger partial charge in [-0.2, -0.15) is 0 Å². The van der Waals surface area contributed by atoms with E-state index in [2.05, 4.69) is 4.90 Å². The van der Waals surface area contributed by atoms with Gasteiger partial charge in [0.05, 0.1) is 43.3 Å². The van der Waals surface area contributed by atoms with Gasteiger partial charge in [-0.25, -0.2) is 22.7 Å². The fourth-order valence-electron chi connectivity index (χ4n) is 4.08. The predicted molar refractivity (Wildman–Crippen MR) is 96.8 cm³/mol. The molecular weight excluding hydrogens is 356 g/mol. The summed E-state index contributed by atoms with van der Waals surface area (Å²) in [7, 11) is -3.21. The fraction of sp³-hybridized carbons (Fsp3) is 0.765. The maximum atomic E-state index is 12.4. The highest BCUT2D eigenvalue weighted by Gasteiger charge is 2.48. The Morgan fingerprint density at radius 2 is 1.92 bits per heavy atom. The van der Waals surface area contributed by atoms with Crippen molar-refractivity contribution in [1.29, 1.82) is 0 Å². The summed E-state index contributed by atoms with van der Waals surface area (Å²) in [4.78, 5) is 11.8. The minimum absolute atomic E-state index is 0.124. The highest BCUT2D eigenvalue weighted by molar-refractivity contribution is 7.89. The number of ether oxygens (including phenoxy) is 2. The molecule has 0 N–H and O–H groups in total. The standard InChI is InChI=1S/C17H26N4O4S/c1-3-26(22,23)21-5-4-17(11-21)12-25-10-14-13(2)18-16(19-15(14)17)20-6-8-24-9-7-20/h3-12H2,1-2H3/t17-/m1/s1. The minimum Gasteiger partial charge on any atom is -0.378 e. The minimum atomic E-state index is -3.21. The van der Waals surface area contributed by atoms with Crippen LogP contribution in [0.2, 0.25) is 0 Å². The molecule has 0 saturated carbocycles. The van der Waals surface area contributed by atoms with Gasteiger partial charge in [0, 0.05) is 37.4 Å². The van der Waals surface area contributed by atoms with Gasteiger partial charge in [-0.1, -0.05) is 0 Å². The van der Waals surface area contributed by atoms with E-state index in [4.69, 9.17) is 19.4 Å². The smallest absolute Gasteiger partial charge is 0.225 e. The summed E-state index contributed by atoms with van der Waals surface area (Å²) >= 11 is 0. The van der Waals surface area contributed by atoms with Crippen molar-refractivity contribution in [1.82, 2.24) is 14.3 Å². The van der Waals surface area contributed by atoms with Gasteiger partial charge in [-0.05, 0) is 20.3 Å². The van der Waals surface area contributed by atoms with Gasteiger partial charge in [0.25, 0.3) is 0 Å². The van der Waals surface area contributed by atoms with E-state index in [1.54, 1.807) is 11.2 Å². The quantitative estimate of drug-likeness (QED) is 0.750. The Hall–Kier alpha value is -1.29. The normalized spacial score (nSPS) is 27.1. The van der Waals surface area contributed by atoms with Crippen molar-refractivity contribution in [2.75, 3.05) is 56.7 Å². The van der Waals surface area contributed by atoms with Crippen LogP contribution in [0.4, 0.5) is 5.95 Å². The maximum absolute atomic E-state index is 12.4. The molecule has 0 amide bonds. The molecule has 3 aliphatic rings. The molecule has 1 spiro atoms. The van der Waals surface area contributed by atoms with Gasteiger partial charge in [0.15, 0.2) is 0 Å². The highest BCUT2D eigenvalue weighted by atomic mass is 32.2. The van der Waals surface area contributed by atoms with Crippen LogP contribution >= 0.6 is 0 Å². The van der Waals surface area contributed by atoms with Crippen molar-refractivity contribution < 1.29 is 17.9 Å². The highest BCUT2D eigenvalue weighted by Crippen LogP contribution is 2.41. The van der Waals surface area contributed by atoms with Gasteiger partial charge >= 0.3 is 0 Å². The van der Waals surface area contributed by atoms with Gasteiger partial charge in [-0.15, -0.1) is 0 Å². The van der Waals surface area contributed by atoms with Gasteiger partial charge in [0.1, 0.15) is 0 Å². The van der Waals surface area contributed by atoms with E-state index >= 15 is 0 Å². The van der Waals surface area contributed by atoms with Crippen molar-refractivity contribution in [3.63, 3.8) is 0 Å². The predicted octanol–water partition coefficient (Wildman–Crippen LogP) is 0.445. The molecule has 8 nitrogen and oxygen atoms in total. The van der Waals surface area contributed by atoms with Crippen molar-refractivity contribution in [3.05, 3.63) is 17.0 Å². The molecule has 2 saturated heterocycles. The molecule has 144 valence electrons. The molecule has 1 atom stereocenters. The number of nitrogens with zero attached hydrogens (tertiary/aromatic N) is 4. The largest absolute Gasteiger partial charge is 0.378 e. The number of aromatic nitrogens is 2. The second kappa shape index (κ2) is 6.70. The molecule has 26 heavy (non-hydrogen) atoms. The third-order valence-corrected chi connectivity index (χ3v) is 7.53. The Kier molecular flexibility index (Phi) is 4.66. The molecule has 0 bridgehead atoms. The first-order valence-electron chi connectivity index (χ1n) is 9.21. The average Bonchev–Trinajstić information content (AvgIpc) is 3.09. The number of hydrogen-bond acceptors (Lipinski definition) is 7. The van der Waals surface area contributed by atoms with Gasteiger partial charge in [0.2, 0.25) is 16.0 Å². The number of sulfonamides is 1. The van der Waals surface area contributed by atoms with E-state index < -0.39 is 10.0 Å². The lowest BCUT2D eigenvalue weighted by atomic mass is 9.80. The summed E-state index contributed by atoms with van der Waals surface area (Å²) < 4.78 is 37.6. The monoisotopic (exact) mass is 382 g/mol. The van der Waals surface area contributed by atoms with Crippen molar-refractivity contribution in [2.45, 2.75) is 32.3 Å². The third-order valence-electron chi connectivity index (χ3n) is 5.70. The van der Waals surface area contributed by atoms with Crippen molar-refractivity contribution in [3.8, 4) is 0 Å². The first-order chi connectivity index (χ1) is 12.5. The maximum Gasteiger partial charge on any atom is 0.225 e. The molecule has 1 aromatic rings. The number of aryl methyl sites for hydroxylation is 1. The number of rotatable bonds is 3. The SMILES string of the molecule is CCS(=O)(=O)N1CC[C@]2(COCc3c(C)nc(N4CCOCC4)nc32)C1. The Morgan fingerprint density at radius 3 is 2.65 bits per heavy atom. The second-order valence-corrected chi connectivity index (χ2v) is 9.55. The number of hydrogen-bond donors (Lipinski definition) is 0. The van der Waals surface area contributed by atoms with E-state index in [1.807, 2.05) is 6.92 Å². The summed E-state index contributed by atoms with van der Waals surface area (Å²) in [6.45, 7) is 8.55. The van der Waals surface area contributed by atoms with Crippen LogP contribution < -0.4 is 4.90 Å².